The number of halogens is 3. The molecule has 0 N–H and O–H groups in total. The molecule has 0 amide bonds. The van der Waals surface area contributed by atoms with Crippen LogP contribution in [0.1, 0.15) is 12.8 Å². The Morgan fingerprint density at radius 1 is 1.26 bits per heavy atom. The van der Waals surface area contributed by atoms with Gasteiger partial charge in [-0.1, -0.05) is 0 Å². The summed E-state index contributed by atoms with van der Waals surface area (Å²) in [4.78, 5) is 1.67. The van der Waals surface area contributed by atoms with Crippen molar-refractivity contribution in [2.45, 2.75) is 28.9 Å². The van der Waals surface area contributed by atoms with Gasteiger partial charge in [0.25, 0.3) is 0 Å². The van der Waals surface area contributed by atoms with E-state index < -0.39 is 15.6 Å². The second-order valence-electron chi connectivity index (χ2n) is 4.49. The van der Waals surface area contributed by atoms with Crippen molar-refractivity contribution >= 4 is 27.1 Å². The van der Waals surface area contributed by atoms with E-state index in [4.69, 9.17) is 11.6 Å². The quantitative estimate of drug-likeness (QED) is 0.806. The van der Waals surface area contributed by atoms with E-state index in [9.17, 15) is 17.2 Å². The van der Waals surface area contributed by atoms with Gasteiger partial charge in [-0.15, -0.1) is 11.6 Å². The number of alkyl halides is 3. The largest absolute Gasteiger partial charge is 0.370 e. The maximum absolute atomic E-state index is 12.4. The van der Waals surface area contributed by atoms with Crippen LogP contribution >= 0.6 is 11.6 Å². The highest BCUT2D eigenvalue weighted by Gasteiger charge is 2.26. The third-order valence-corrected chi connectivity index (χ3v) is 4.88. The molecule has 1 heterocycles. The number of rotatable bonds is 3. The monoisotopic (exact) mass is 309 g/mol. The first-order valence-electron chi connectivity index (χ1n) is 5.92. The van der Waals surface area contributed by atoms with E-state index in [2.05, 4.69) is 0 Å². The lowest BCUT2D eigenvalue weighted by Gasteiger charge is -2.31. The van der Waals surface area contributed by atoms with Crippen molar-refractivity contribution in [2.75, 3.05) is 18.0 Å². The molecule has 0 saturated carbocycles. The van der Waals surface area contributed by atoms with E-state index in [-0.39, 0.29) is 10.3 Å². The SMILES string of the molecule is O=S(=O)(c1ccc(N2CCCC(Cl)C2)cc1)C(F)F. The molecule has 1 aromatic carbocycles. The van der Waals surface area contributed by atoms with Gasteiger partial charge >= 0.3 is 5.76 Å². The van der Waals surface area contributed by atoms with E-state index in [1.807, 2.05) is 4.90 Å². The number of sulfone groups is 1. The molecule has 1 fully saturated rings. The second kappa shape index (κ2) is 5.63. The number of hydrogen-bond acceptors (Lipinski definition) is 3. The molecule has 1 saturated heterocycles. The molecule has 0 radical (unpaired) electrons. The lowest BCUT2D eigenvalue weighted by atomic mass is 10.1. The van der Waals surface area contributed by atoms with Gasteiger partial charge in [0, 0.05) is 18.8 Å². The smallest absolute Gasteiger partial charge is 0.341 e. The molecular formula is C12H14ClF2NO2S. The first kappa shape index (κ1) is 14.5. The van der Waals surface area contributed by atoms with E-state index in [1.165, 1.54) is 12.1 Å². The molecule has 1 aliphatic rings. The van der Waals surface area contributed by atoms with Crippen LogP contribution in [0, 0.1) is 0 Å². The molecule has 2 rings (SSSR count). The highest BCUT2D eigenvalue weighted by atomic mass is 35.5. The van der Waals surface area contributed by atoms with Gasteiger partial charge in [-0.3, -0.25) is 0 Å². The minimum absolute atomic E-state index is 0.0678. The summed E-state index contributed by atoms with van der Waals surface area (Å²) in [7, 11) is -4.51. The number of piperidine rings is 1. The topological polar surface area (TPSA) is 37.4 Å². The van der Waals surface area contributed by atoms with Crippen molar-refractivity contribution in [3.05, 3.63) is 24.3 Å². The summed E-state index contributed by atoms with van der Waals surface area (Å²) in [6, 6.07) is 5.53. The number of hydrogen-bond donors (Lipinski definition) is 0. The normalized spacial score (nSPS) is 20.8. The van der Waals surface area contributed by atoms with Gasteiger partial charge in [-0.25, -0.2) is 8.42 Å². The number of anilines is 1. The zero-order valence-electron chi connectivity index (χ0n) is 10.1. The van der Waals surface area contributed by atoms with Crippen LogP contribution < -0.4 is 4.90 Å². The highest BCUT2D eigenvalue weighted by Crippen LogP contribution is 2.25. The molecule has 0 aliphatic carbocycles. The summed E-state index contributed by atoms with van der Waals surface area (Å²) in [6.45, 7) is 1.52. The number of nitrogens with zero attached hydrogens (tertiary/aromatic N) is 1. The second-order valence-corrected chi connectivity index (χ2v) is 7.02. The van der Waals surface area contributed by atoms with E-state index in [1.54, 1.807) is 12.1 Å². The van der Waals surface area contributed by atoms with Crippen molar-refractivity contribution in [2.24, 2.45) is 0 Å². The Morgan fingerprint density at radius 2 is 1.89 bits per heavy atom. The molecule has 7 heteroatoms. The van der Waals surface area contributed by atoms with Crippen molar-refractivity contribution < 1.29 is 17.2 Å². The molecule has 1 unspecified atom stereocenters. The fraction of sp³-hybridized carbons (Fsp3) is 0.500. The van der Waals surface area contributed by atoms with Crippen LogP contribution in [0.25, 0.3) is 0 Å². The Balaban J connectivity index is 2.19. The highest BCUT2D eigenvalue weighted by molar-refractivity contribution is 7.91. The molecule has 19 heavy (non-hydrogen) atoms. The minimum Gasteiger partial charge on any atom is -0.370 e. The van der Waals surface area contributed by atoms with Crippen LogP contribution in [0.4, 0.5) is 14.5 Å². The van der Waals surface area contributed by atoms with Crippen molar-refractivity contribution in [1.82, 2.24) is 0 Å². The average molecular weight is 310 g/mol. The van der Waals surface area contributed by atoms with Crippen LogP contribution in [0.2, 0.25) is 0 Å². The van der Waals surface area contributed by atoms with Crippen molar-refractivity contribution in [3.63, 3.8) is 0 Å². The molecule has 106 valence electrons. The van der Waals surface area contributed by atoms with E-state index in [0.29, 0.717) is 6.54 Å². The summed E-state index contributed by atoms with van der Waals surface area (Å²) in [5.74, 6) is -3.39. The third kappa shape index (κ3) is 3.17. The predicted molar refractivity (Wildman–Crippen MR) is 70.7 cm³/mol. The maximum Gasteiger partial charge on any atom is 0.341 e. The van der Waals surface area contributed by atoms with Gasteiger partial charge in [-0.05, 0) is 37.1 Å². The van der Waals surface area contributed by atoms with Crippen LogP contribution in [0.3, 0.4) is 0 Å². The Hall–Kier alpha value is -0.880. The Bertz CT molecular complexity index is 533. The Kier molecular flexibility index (Phi) is 4.30. The zero-order chi connectivity index (χ0) is 14.0. The lowest BCUT2D eigenvalue weighted by Crippen LogP contribution is -2.35. The summed E-state index contributed by atoms with van der Waals surface area (Å²) < 4.78 is 47.4. The minimum atomic E-state index is -4.51. The molecule has 1 atom stereocenters. The van der Waals surface area contributed by atoms with Crippen LogP contribution in [-0.4, -0.2) is 32.6 Å². The van der Waals surface area contributed by atoms with E-state index >= 15 is 0 Å². The standard InChI is InChI=1S/C12H14ClF2NO2S/c13-9-2-1-7-16(8-9)10-3-5-11(6-4-10)19(17,18)12(14)15/h3-6,9,12H,1-2,7-8H2. The molecule has 0 bridgehead atoms. The van der Waals surface area contributed by atoms with E-state index in [0.717, 1.165) is 25.1 Å². The van der Waals surface area contributed by atoms with Gasteiger partial charge in [0.15, 0.2) is 0 Å². The maximum atomic E-state index is 12.4. The van der Waals surface area contributed by atoms with Gasteiger partial charge in [0.1, 0.15) is 0 Å². The van der Waals surface area contributed by atoms with Gasteiger partial charge < -0.3 is 4.90 Å². The van der Waals surface area contributed by atoms with Crippen LogP contribution in [0.15, 0.2) is 29.2 Å². The molecule has 3 nitrogen and oxygen atoms in total. The molecule has 0 aromatic heterocycles. The van der Waals surface area contributed by atoms with Crippen LogP contribution in [0.5, 0.6) is 0 Å². The summed E-state index contributed by atoms with van der Waals surface area (Å²) in [6.07, 6.45) is 1.92. The average Bonchev–Trinajstić information content (AvgIpc) is 2.38. The van der Waals surface area contributed by atoms with Gasteiger partial charge in [-0.2, -0.15) is 8.78 Å². The fourth-order valence-corrected chi connectivity index (χ4v) is 3.15. The molecule has 0 spiro atoms. The first-order chi connectivity index (χ1) is 8.91. The summed E-state index contributed by atoms with van der Waals surface area (Å²) in [5.41, 5.74) is 0.804. The third-order valence-electron chi connectivity index (χ3n) is 3.13. The lowest BCUT2D eigenvalue weighted by molar-refractivity contribution is 0.234. The summed E-state index contributed by atoms with van der Waals surface area (Å²) in [5, 5.41) is 0.0678. The van der Waals surface area contributed by atoms with Gasteiger partial charge in [0.2, 0.25) is 9.84 Å². The molecule has 1 aliphatic heterocycles. The van der Waals surface area contributed by atoms with Crippen molar-refractivity contribution in [1.29, 1.82) is 0 Å². The predicted octanol–water partition coefficient (Wildman–Crippen LogP) is 2.89. The molecule has 1 aromatic rings. The molecular weight excluding hydrogens is 296 g/mol. The Morgan fingerprint density at radius 3 is 2.42 bits per heavy atom. The summed E-state index contributed by atoms with van der Waals surface area (Å²) >= 11 is 6.07. The first-order valence-corrected chi connectivity index (χ1v) is 7.90. The van der Waals surface area contributed by atoms with Crippen molar-refractivity contribution in [3.8, 4) is 0 Å². The fourth-order valence-electron chi connectivity index (χ4n) is 2.11. The zero-order valence-corrected chi connectivity index (χ0v) is 11.7. The Labute approximate surface area is 116 Å². The van der Waals surface area contributed by atoms with Crippen LogP contribution in [-0.2, 0) is 9.84 Å². The van der Waals surface area contributed by atoms with Gasteiger partial charge in [0.05, 0.1) is 10.3 Å². The number of benzene rings is 1.